The van der Waals surface area contributed by atoms with Crippen LogP contribution < -0.4 is 10.1 Å². The van der Waals surface area contributed by atoms with Crippen LogP contribution in [0.15, 0.2) is 83.1 Å². The Morgan fingerprint density at radius 3 is 2.46 bits per heavy atom. The number of thiazole rings is 1. The molecule has 0 N–H and O–H groups in total. The maximum atomic E-state index is 13.1. The molecule has 0 saturated heterocycles. The molecule has 0 aliphatic carbocycles. The van der Waals surface area contributed by atoms with Crippen molar-refractivity contribution in [3.63, 3.8) is 0 Å². The number of non-ortho nitro benzene ring substituents is 1. The number of hydrogen-bond donors (Lipinski definition) is 0. The first kappa shape index (κ1) is 21.1. The average molecular weight is 499 g/mol. The summed E-state index contributed by atoms with van der Waals surface area (Å²) < 4.78 is 3.51. The Bertz CT molecular complexity index is 1790. The number of nitrogens with zero attached hydrogens (tertiary/aromatic N) is 6. The zero-order valence-electron chi connectivity index (χ0n) is 17.8. The summed E-state index contributed by atoms with van der Waals surface area (Å²) in [6, 6.07) is 19.6. The fourth-order valence-corrected chi connectivity index (χ4v) is 5.21. The first-order valence-electron chi connectivity index (χ1n) is 10.4. The van der Waals surface area contributed by atoms with Crippen molar-refractivity contribution in [1.82, 2.24) is 24.4 Å². The summed E-state index contributed by atoms with van der Waals surface area (Å²) in [5, 5.41) is 22.1. The summed E-state index contributed by atoms with van der Waals surface area (Å²) in [5.74, 6) is 0.526. The van der Waals surface area contributed by atoms with E-state index in [4.69, 9.17) is 5.10 Å². The molecule has 0 unspecified atom stereocenters. The molecule has 4 heterocycles. The van der Waals surface area contributed by atoms with Gasteiger partial charge >= 0.3 is 0 Å². The van der Waals surface area contributed by atoms with Gasteiger partial charge in [-0.2, -0.15) is 14.6 Å². The maximum Gasteiger partial charge on any atom is 0.291 e. The predicted molar refractivity (Wildman–Crippen MR) is 135 cm³/mol. The van der Waals surface area contributed by atoms with E-state index in [1.54, 1.807) is 22.9 Å². The maximum absolute atomic E-state index is 13.1. The molecule has 2 aromatic carbocycles. The summed E-state index contributed by atoms with van der Waals surface area (Å²) in [6.45, 7) is 0. The van der Waals surface area contributed by atoms with E-state index < -0.39 is 4.92 Å². The van der Waals surface area contributed by atoms with Crippen molar-refractivity contribution in [2.24, 2.45) is 0 Å². The summed E-state index contributed by atoms with van der Waals surface area (Å²) >= 11 is 2.77. The van der Waals surface area contributed by atoms with Crippen molar-refractivity contribution < 1.29 is 4.92 Å². The third kappa shape index (κ3) is 3.82. The van der Waals surface area contributed by atoms with Crippen molar-refractivity contribution in [1.29, 1.82) is 0 Å². The standard InChI is InChI=1S/C24H14N6O3S2/c31-23-20(35-24-25-22(27-29(23)24)19-7-4-12-34-19)13-16-14-28(17-5-2-1-3-6-17)26-21(16)15-8-10-18(11-9-15)30(32)33/h1-14H. The molecule has 0 aliphatic rings. The van der Waals surface area contributed by atoms with Gasteiger partial charge in [-0.25, -0.2) is 4.68 Å². The molecule has 0 atom stereocenters. The van der Waals surface area contributed by atoms with Crippen LogP contribution in [0.1, 0.15) is 5.56 Å². The van der Waals surface area contributed by atoms with Crippen LogP contribution in [0.5, 0.6) is 0 Å². The molecule has 0 aliphatic heterocycles. The highest BCUT2D eigenvalue weighted by Gasteiger charge is 2.16. The topological polar surface area (TPSA) is 108 Å². The van der Waals surface area contributed by atoms with Gasteiger partial charge in [0.05, 0.1) is 20.0 Å². The van der Waals surface area contributed by atoms with Crippen LogP contribution in [-0.2, 0) is 0 Å². The molecule has 4 aromatic heterocycles. The molecule has 0 radical (unpaired) electrons. The minimum Gasteiger partial charge on any atom is -0.266 e. The number of thiophene rings is 1. The van der Waals surface area contributed by atoms with Gasteiger partial charge in [0.2, 0.25) is 4.96 Å². The minimum absolute atomic E-state index is 0.00397. The summed E-state index contributed by atoms with van der Waals surface area (Å²) in [6.07, 6.45) is 3.59. The van der Waals surface area contributed by atoms with Crippen LogP contribution in [0.25, 0.3) is 38.7 Å². The molecular weight excluding hydrogens is 484 g/mol. The summed E-state index contributed by atoms with van der Waals surface area (Å²) in [5.41, 5.74) is 2.58. The van der Waals surface area contributed by atoms with Crippen LogP contribution in [0.2, 0.25) is 0 Å². The smallest absolute Gasteiger partial charge is 0.266 e. The monoisotopic (exact) mass is 498 g/mol. The van der Waals surface area contributed by atoms with Crippen LogP contribution in [-0.4, -0.2) is 29.3 Å². The Balaban J connectivity index is 1.49. The Kier molecular flexibility index (Phi) is 5.05. The molecule has 11 heteroatoms. The molecule has 6 aromatic rings. The number of nitro benzene ring substituents is 1. The van der Waals surface area contributed by atoms with Crippen LogP contribution in [0.4, 0.5) is 5.69 Å². The van der Waals surface area contributed by atoms with Gasteiger partial charge < -0.3 is 0 Å². The molecule has 170 valence electrons. The lowest BCUT2D eigenvalue weighted by molar-refractivity contribution is -0.384. The third-order valence-electron chi connectivity index (χ3n) is 5.32. The second-order valence-electron chi connectivity index (χ2n) is 7.54. The Morgan fingerprint density at radius 2 is 1.77 bits per heavy atom. The summed E-state index contributed by atoms with van der Waals surface area (Å²) in [4.78, 5) is 29.7. The molecule has 0 amide bonds. The normalized spacial score (nSPS) is 11.9. The number of benzene rings is 2. The minimum atomic E-state index is -0.442. The van der Waals surface area contributed by atoms with Crippen LogP contribution in [0, 0.1) is 10.1 Å². The lowest BCUT2D eigenvalue weighted by Gasteiger charge is -2.00. The van der Waals surface area contributed by atoms with Crippen molar-refractivity contribution in [3.8, 4) is 27.6 Å². The number of fused-ring (bicyclic) bond motifs is 1. The van der Waals surface area contributed by atoms with Gasteiger partial charge in [-0.3, -0.25) is 14.9 Å². The second kappa shape index (κ2) is 8.38. The molecule has 35 heavy (non-hydrogen) atoms. The number of aromatic nitrogens is 5. The van der Waals surface area contributed by atoms with E-state index in [1.165, 1.54) is 39.3 Å². The highest BCUT2D eigenvalue weighted by Crippen LogP contribution is 2.27. The van der Waals surface area contributed by atoms with E-state index in [1.807, 2.05) is 54.0 Å². The summed E-state index contributed by atoms with van der Waals surface area (Å²) in [7, 11) is 0. The molecule has 6 rings (SSSR count). The Hall–Kier alpha value is -4.48. The van der Waals surface area contributed by atoms with Crippen molar-refractivity contribution >= 4 is 39.4 Å². The largest absolute Gasteiger partial charge is 0.291 e. The van der Waals surface area contributed by atoms with E-state index in [0.717, 1.165) is 10.6 Å². The molecule has 9 nitrogen and oxygen atoms in total. The lowest BCUT2D eigenvalue weighted by Crippen LogP contribution is -2.23. The first-order valence-corrected chi connectivity index (χ1v) is 12.1. The number of rotatable bonds is 5. The third-order valence-corrected chi connectivity index (χ3v) is 7.15. The fraction of sp³-hybridized carbons (Fsp3) is 0. The van der Waals surface area contributed by atoms with E-state index in [-0.39, 0.29) is 11.2 Å². The molecule has 0 fully saturated rings. The molecule has 0 saturated carbocycles. The van der Waals surface area contributed by atoms with Crippen molar-refractivity contribution in [2.75, 3.05) is 0 Å². The second-order valence-corrected chi connectivity index (χ2v) is 9.50. The zero-order chi connectivity index (χ0) is 23.9. The van der Waals surface area contributed by atoms with Gasteiger partial charge in [0.1, 0.15) is 5.69 Å². The van der Waals surface area contributed by atoms with E-state index in [2.05, 4.69) is 10.1 Å². The van der Waals surface area contributed by atoms with Crippen LogP contribution in [0.3, 0.4) is 0 Å². The van der Waals surface area contributed by atoms with E-state index >= 15 is 0 Å². The zero-order valence-corrected chi connectivity index (χ0v) is 19.4. The van der Waals surface area contributed by atoms with Gasteiger partial charge in [-0.05, 0) is 41.8 Å². The SMILES string of the molecule is O=c1c(=Cc2cn(-c3ccccc3)nc2-c2ccc([N+](=O)[O-])cc2)sc2nc(-c3cccs3)nn12. The van der Waals surface area contributed by atoms with Gasteiger partial charge in [-0.1, -0.05) is 35.6 Å². The average Bonchev–Trinajstić information content (AvgIpc) is 3.66. The van der Waals surface area contributed by atoms with Gasteiger partial charge in [0.25, 0.3) is 11.2 Å². The number of hydrogen-bond acceptors (Lipinski definition) is 8. The lowest BCUT2D eigenvalue weighted by atomic mass is 10.1. The van der Waals surface area contributed by atoms with Gasteiger partial charge in [0.15, 0.2) is 5.82 Å². The van der Waals surface area contributed by atoms with Crippen LogP contribution >= 0.6 is 22.7 Å². The fourth-order valence-electron chi connectivity index (χ4n) is 3.66. The first-order chi connectivity index (χ1) is 17.1. The highest BCUT2D eigenvalue weighted by molar-refractivity contribution is 7.15. The van der Waals surface area contributed by atoms with Gasteiger partial charge in [-0.15, -0.1) is 16.4 Å². The molecular formula is C24H14N6O3S2. The number of nitro groups is 1. The predicted octanol–water partition coefficient (Wildman–Crippen LogP) is 4.19. The van der Waals surface area contributed by atoms with E-state index in [9.17, 15) is 14.9 Å². The highest BCUT2D eigenvalue weighted by atomic mass is 32.1. The quantitative estimate of drug-likeness (QED) is 0.261. The molecule has 0 bridgehead atoms. The van der Waals surface area contributed by atoms with E-state index in [0.29, 0.717) is 32.1 Å². The van der Waals surface area contributed by atoms with Crippen molar-refractivity contribution in [3.05, 3.63) is 109 Å². The molecule has 0 spiro atoms. The Labute approximate surface area is 205 Å². The Morgan fingerprint density at radius 1 is 0.971 bits per heavy atom. The number of para-hydroxylation sites is 1. The van der Waals surface area contributed by atoms with Crippen molar-refractivity contribution in [2.45, 2.75) is 0 Å². The van der Waals surface area contributed by atoms with Gasteiger partial charge in [0, 0.05) is 29.5 Å².